The van der Waals surface area contributed by atoms with Crippen LogP contribution in [0.2, 0.25) is 0 Å². The van der Waals surface area contributed by atoms with Crippen LogP contribution in [0.1, 0.15) is 49.5 Å². The third kappa shape index (κ3) is 3.63. The van der Waals surface area contributed by atoms with Crippen LogP contribution >= 0.6 is 0 Å². The first-order valence-corrected chi connectivity index (χ1v) is 6.37. The minimum atomic E-state index is -0.373. The summed E-state index contributed by atoms with van der Waals surface area (Å²) in [6.45, 7) is 7.72. The predicted molar refractivity (Wildman–Crippen MR) is 74.2 cm³/mol. The Hall–Kier alpha value is -1.71. The lowest BCUT2D eigenvalue weighted by molar-refractivity contribution is 0.0377. The normalized spacial score (nSPS) is 10.7. The molecular weight excluding hydrogens is 244 g/mol. The van der Waals surface area contributed by atoms with E-state index in [1.54, 1.807) is 26.4 Å². The SMILES string of the molecule is COc1cc(C(=O)OC(C)C)cc(OC)c1C(C)C. The number of benzene rings is 1. The molecule has 1 rings (SSSR count). The van der Waals surface area contributed by atoms with Crippen LogP contribution in [0.5, 0.6) is 11.5 Å². The van der Waals surface area contributed by atoms with Gasteiger partial charge in [0.05, 0.1) is 25.9 Å². The molecule has 4 nitrogen and oxygen atoms in total. The van der Waals surface area contributed by atoms with Crippen LogP contribution in [0.3, 0.4) is 0 Å². The van der Waals surface area contributed by atoms with Gasteiger partial charge in [-0.1, -0.05) is 13.8 Å². The zero-order chi connectivity index (χ0) is 14.6. The van der Waals surface area contributed by atoms with E-state index in [2.05, 4.69) is 0 Å². The van der Waals surface area contributed by atoms with Gasteiger partial charge in [0.1, 0.15) is 11.5 Å². The third-order valence-electron chi connectivity index (χ3n) is 2.70. The number of methoxy groups -OCH3 is 2. The number of hydrogen-bond donors (Lipinski definition) is 0. The Morgan fingerprint density at radius 3 is 1.79 bits per heavy atom. The highest BCUT2D eigenvalue weighted by molar-refractivity contribution is 5.91. The van der Waals surface area contributed by atoms with Crippen molar-refractivity contribution < 1.29 is 19.0 Å². The largest absolute Gasteiger partial charge is 0.496 e. The second-order valence-electron chi connectivity index (χ2n) is 4.90. The standard InChI is InChI=1S/C15H22O4/c1-9(2)14-12(17-5)7-11(8-13(14)18-6)15(16)19-10(3)4/h7-10H,1-6H3. The van der Waals surface area contributed by atoms with Gasteiger partial charge < -0.3 is 14.2 Å². The van der Waals surface area contributed by atoms with Crippen LogP contribution in [-0.2, 0) is 4.74 Å². The Morgan fingerprint density at radius 1 is 1.00 bits per heavy atom. The topological polar surface area (TPSA) is 44.8 Å². The summed E-state index contributed by atoms with van der Waals surface area (Å²) >= 11 is 0. The molecule has 0 unspecified atom stereocenters. The molecule has 4 heteroatoms. The molecule has 0 saturated carbocycles. The zero-order valence-electron chi connectivity index (χ0n) is 12.4. The van der Waals surface area contributed by atoms with Crippen LogP contribution in [-0.4, -0.2) is 26.3 Å². The van der Waals surface area contributed by atoms with Crippen molar-refractivity contribution in [2.45, 2.75) is 39.7 Å². The van der Waals surface area contributed by atoms with Crippen molar-refractivity contribution >= 4 is 5.97 Å². The van der Waals surface area contributed by atoms with Gasteiger partial charge >= 0.3 is 5.97 Å². The lowest BCUT2D eigenvalue weighted by atomic mass is 9.98. The second kappa shape index (κ2) is 6.45. The average Bonchev–Trinajstić information content (AvgIpc) is 2.35. The van der Waals surface area contributed by atoms with Crippen molar-refractivity contribution in [2.24, 2.45) is 0 Å². The van der Waals surface area contributed by atoms with Gasteiger partial charge in [0.15, 0.2) is 0 Å². The fourth-order valence-electron chi connectivity index (χ4n) is 1.91. The molecule has 0 N–H and O–H groups in total. The number of hydrogen-bond acceptors (Lipinski definition) is 4. The van der Waals surface area contributed by atoms with E-state index in [1.165, 1.54) is 0 Å². The van der Waals surface area contributed by atoms with Crippen LogP contribution in [0.4, 0.5) is 0 Å². The summed E-state index contributed by atoms with van der Waals surface area (Å²) in [5.74, 6) is 1.15. The first-order valence-electron chi connectivity index (χ1n) is 6.37. The summed E-state index contributed by atoms with van der Waals surface area (Å²) in [6.07, 6.45) is -0.158. The van der Waals surface area contributed by atoms with Crippen LogP contribution in [0.15, 0.2) is 12.1 Å². The Bertz CT molecular complexity index is 424. The van der Waals surface area contributed by atoms with E-state index < -0.39 is 0 Å². The van der Waals surface area contributed by atoms with Crippen LogP contribution < -0.4 is 9.47 Å². The molecular formula is C15H22O4. The minimum Gasteiger partial charge on any atom is -0.496 e. The summed E-state index contributed by atoms with van der Waals surface area (Å²) in [4.78, 5) is 11.9. The molecule has 0 atom stereocenters. The smallest absolute Gasteiger partial charge is 0.338 e. The molecule has 0 heterocycles. The lowest BCUT2D eigenvalue weighted by Crippen LogP contribution is -2.12. The van der Waals surface area contributed by atoms with Gasteiger partial charge in [-0.2, -0.15) is 0 Å². The summed E-state index contributed by atoms with van der Waals surface area (Å²) in [7, 11) is 3.16. The molecule has 0 amide bonds. The van der Waals surface area contributed by atoms with Crippen LogP contribution in [0, 0.1) is 0 Å². The summed E-state index contributed by atoms with van der Waals surface area (Å²) in [5, 5.41) is 0. The van der Waals surface area contributed by atoms with Crippen molar-refractivity contribution in [1.29, 1.82) is 0 Å². The maximum absolute atomic E-state index is 11.9. The molecule has 1 aromatic rings. The van der Waals surface area contributed by atoms with E-state index in [9.17, 15) is 4.79 Å². The number of rotatable bonds is 5. The van der Waals surface area contributed by atoms with Gasteiger partial charge in [0.2, 0.25) is 0 Å². The predicted octanol–water partition coefficient (Wildman–Crippen LogP) is 3.39. The zero-order valence-corrected chi connectivity index (χ0v) is 12.4. The molecule has 0 aliphatic heterocycles. The monoisotopic (exact) mass is 266 g/mol. The Kier molecular flexibility index (Phi) is 5.21. The van der Waals surface area contributed by atoms with E-state index in [4.69, 9.17) is 14.2 Å². The van der Waals surface area contributed by atoms with E-state index in [1.807, 2.05) is 27.7 Å². The maximum Gasteiger partial charge on any atom is 0.338 e. The number of carbonyl (C=O) groups excluding carboxylic acids is 1. The minimum absolute atomic E-state index is 0.158. The molecule has 0 saturated heterocycles. The van der Waals surface area contributed by atoms with Crippen LogP contribution in [0.25, 0.3) is 0 Å². The molecule has 0 aliphatic rings. The molecule has 106 valence electrons. The van der Waals surface area contributed by atoms with Crippen molar-refractivity contribution in [1.82, 2.24) is 0 Å². The van der Waals surface area contributed by atoms with Gasteiger partial charge in [-0.05, 0) is 31.9 Å². The maximum atomic E-state index is 11.9. The van der Waals surface area contributed by atoms with E-state index >= 15 is 0 Å². The van der Waals surface area contributed by atoms with E-state index in [0.29, 0.717) is 17.1 Å². The molecule has 0 spiro atoms. The summed E-state index contributed by atoms with van der Waals surface area (Å²) in [6, 6.07) is 3.39. The van der Waals surface area contributed by atoms with Crippen molar-refractivity contribution in [3.8, 4) is 11.5 Å². The highest BCUT2D eigenvalue weighted by atomic mass is 16.5. The molecule has 0 bridgehead atoms. The summed E-state index contributed by atoms with van der Waals surface area (Å²) in [5.41, 5.74) is 1.39. The van der Waals surface area contributed by atoms with E-state index in [0.717, 1.165) is 5.56 Å². The molecule has 1 aromatic carbocycles. The molecule has 0 radical (unpaired) electrons. The first kappa shape index (κ1) is 15.3. The lowest BCUT2D eigenvalue weighted by Gasteiger charge is -2.18. The quantitative estimate of drug-likeness (QED) is 0.766. The number of ether oxygens (including phenoxy) is 3. The highest BCUT2D eigenvalue weighted by Gasteiger charge is 2.19. The Balaban J connectivity index is 3.27. The molecule has 0 aliphatic carbocycles. The fraction of sp³-hybridized carbons (Fsp3) is 0.533. The van der Waals surface area contributed by atoms with Gasteiger partial charge in [0.25, 0.3) is 0 Å². The van der Waals surface area contributed by atoms with E-state index in [-0.39, 0.29) is 18.0 Å². The van der Waals surface area contributed by atoms with Crippen molar-refractivity contribution in [2.75, 3.05) is 14.2 Å². The molecule has 0 aromatic heterocycles. The number of esters is 1. The molecule has 0 fully saturated rings. The first-order chi connectivity index (χ1) is 8.90. The second-order valence-corrected chi connectivity index (χ2v) is 4.90. The van der Waals surface area contributed by atoms with Gasteiger partial charge in [-0.3, -0.25) is 0 Å². The average molecular weight is 266 g/mol. The number of carbonyl (C=O) groups is 1. The molecule has 19 heavy (non-hydrogen) atoms. The highest BCUT2D eigenvalue weighted by Crippen LogP contribution is 2.36. The van der Waals surface area contributed by atoms with Crippen molar-refractivity contribution in [3.05, 3.63) is 23.3 Å². The Morgan fingerprint density at radius 2 is 1.47 bits per heavy atom. The van der Waals surface area contributed by atoms with Crippen molar-refractivity contribution in [3.63, 3.8) is 0 Å². The van der Waals surface area contributed by atoms with Gasteiger partial charge in [0, 0.05) is 5.56 Å². The fourth-order valence-corrected chi connectivity index (χ4v) is 1.91. The third-order valence-corrected chi connectivity index (χ3v) is 2.70. The van der Waals surface area contributed by atoms with Gasteiger partial charge in [-0.25, -0.2) is 4.79 Å². The summed E-state index contributed by atoms with van der Waals surface area (Å²) < 4.78 is 15.9. The Labute approximate surface area is 114 Å². The van der Waals surface area contributed by atoms with Gasteiger partial charge in [-0.15, -0.1) is 0 Å².